The summed E-state index contributed by atoms with van der Waals surface area (Å²) in [5, 5.41) is 12.4. The van der Waals surface area contributed by atoms with Gasteiger partial charge in [-0.25, -0.2) is 4.39 Å². The van der Waals surface area contributed by atoms with Crippen molar-refractivity contribution in [2.75, 3.05) is 20.3 Å². The van der Waals surface area contributed by atoms with Crippen molar-refractivity contribution < 1.29 is 19.0 Å². The van der Waals surface area contributed by atoms with E-state index in [9.17, 15) is 14.3 Å². The third-order valence-corrected chi connectivity index (χ3v) is 2.44. The smallest absolute Gasteiger partial charge is 0.253 e. The summed E-state index contributed by atoms with van der Waals surface area (Å²) >= 11 is 0. The fourth-order valence-electron chi connectivity index (χ4n) is 1.32. The van der Waals surface area contributed by atoms with E-state index in [4.69, 9.17) is 4.74 Å². The number of methoxy groups -OCH3 is 1. The number of pyridine rings is 1. The first-order chi connectivity index (χ1) is 8.44. The van der Waals surface area contributed by atoms with Gasteiger partial charge < -0.3 is 15.2 Å². The molecular weight excluding hydrogens is 239 g/mol. The molecule has 5 nitrogen and oxygen atoms in total. The number of carbonyl (C=O) groups excluding carboxylic acids is 1. The Morgan fingerprint density at radius 3 is 2.94 bits per heavy atom. The van der Waals surface area contributed by atoms with Gasteiger partial charge in [0.2, 0.25) is 0 Å². The molecule has 0 aromatic carbocycles. The minimum atomic E-state index is -1.06. The largest absolute Gasteiger partial charge is 0.388 e. The lowest BCUT2D eigenvalue weighted by Gasteiger charge is -2.23. The number of carbonyl (C=O) groups is 1. The van der Waals surface area contributed by atoms with Crippen molar-refractivity contribution in [3.8, 4) is 0 Å². The van der Waals surface area contributed by atoms with E-state index in [1.807, 2.05) is 0 Å². The van der Waals surface area contributed by atoms with Gasteiger partial charge >= 0.3 is 0 Å². The molecule has 1 aromatic heterocycles. The SMILES string of the molecule is COCCC(C)(O)CNC(=O)c1cncc(F)c1. The number of rotatable bonds is 6. The Kier molecular flexibility index (Phi) is 5.18. The lowest BCUT2D eigenvalue weighted by molar-refractivity contribution is 0.0243. The first kappa shape index (κ1) is 14.5. The predicted molar refractivity (Wildman–Crippen MR) is 63.6 cm³/mol. The third-order valence-electron chi connectivity index (χ3n) is 2.44. The van der Waals surface area contributed by atoms with Crippen LogP contribution in [0.3, 0.4) is 0 Å². The summed E-state index contributed by atoms with van der Waals surface area (Å²) in [6.45, 7) is 2.05. The molecule has 0 aliphatic carbocycles. The molecule has 18 heavy (non-hydrogen) atoms. The molecular formula is C12H17FN2O3. The monoisotopic (exact) mass is 256 g/mol. The highest BCUT2D eigenvalue weighted by atomic mass is 19.1. The number of nitrogens with one attached hydrogen (secondary N) is 1. The summed E-state index contributed by atoms with van der Waals surface area (Å²) in [4.78, 5) is 15.2. The van der Waals surface area contributed by atoms with Gasteiger partial charge in [0.15, 0.2) is 0 Å². The number of hydrogen-bond acceptors (Lipinski definition) is 4. The second kappa shape index (κ2) is 6.42. The maximum atomic E-state index is 12.9. The van der Waals surface area contributed by atoms with E-state index in [2.05, 4.69) is 10.3 Å². The quantitative estimate of drug-likeness (QED) is 0.787. The highest BCUT2D eigenvalue weighted by molar-refractivity contribution is 5.93. The Hall–Kier alpha value is -1.53. The fraction of sp³-hybridized carbons (Fsp3) is 0.500. The second-order valence-electron chi connectivity index (χ2n) is 4.31. The number of amides is 1. The standard InChI is InChI=1S/C12H17FN2O3/c1-12(17,3-4-18-2)8-15-11(16)9-5-10(13)7-14-6-9/h5-7,17H,3-4,8H2,1-2H3,(H,15,16). The Morgan fingerprint density at radius 2 is 2.33 bits per heavy atom. The molecule has 0 saturated carbocycles. The summed E-state index contributed by atoms with van der Waals surface area (Å²) in [6.07, 6.45) is 2.68. The van der Waals surface area contributed by atoms with Crippen molar-refractivity contribution in [3.63, 3.8) is 0 Å². The zero-order valence-electron chi connectivity index (χ0n) is 10.4. The molecule has 0 radical (unpaired) electrons. The molecule has 1 rings (SSSR count). The van der Waals surface area contributed by atoms with E-state index < -0.39 is 17.3 Å². The molecule has 1 unspecified atom stereocenters. The van der Waals surface area contributed by atoms with Crippen LogP contribution in [-0.4, -0.2) is 41.9 Å². The lowest BCUT2D eigenvalue weighted by Crippen LogP contribution is -2.41. The van der Waals surface area contributed by atoms with Crippen LogP contribution >= 0.6 is 0 Å². The third kappa shape index (κ3) is 4.77. The van der Waals surface area contributed by atoms with Gasteiger partial charge in [-0.1, -0.05) is 0 Å². The lowest BCUT2D eigenvalue weighted by atomic mass is 10.0. The van der Waals surface area contributed by atoms with E-state index in [0.29, 0.717) is 13.0 Å². The first-order valence-corrected chi connectivity index (χ1v) is 5.55. The van der Waals surface area contributed by atoms with Crippen LogP contribution < -0.4 is 5.32 Å². The average Bonchev–Trinajstić information content (AvgIpc) is 2.34. The van der Waals surface area contributed by atoms with E-state index in [-0.39, 0.29) is 12.1 Å². The van der Waals surface area contributed by atoms with Gasteiger partial charge in [-0.2, -0.15) is 0 Å². The second-order valence-corrected chi connectivity index (χ2v) is 4.31. The van der Waals surface area contributed by atoms with Crippen LogP contribution in [0.5, 0.6) is 0 Å². The van der Waals surface area contributed by atoms with Crippen LogP contribution in [0.4, 0.5) is 4.39 Å². The molecule has 1 aromatic rings. The molecule has 100 valence electrons. The Bertz CT molecular complexity index is 410. The maximum Gasteiger partial charge on any atom is 0.253 e. The molecule has 1 heterocycles. The van der Waals surface area contributed by atoms with Crippen molar-refractivity contribution in [2.45, 2.75) is 18.9 Å². The molecule has 6 heteroatoms. The van der Waals surface area contributed by atoms with E-state index in [1.54, 1.807) is 6.92 Å². The number of halogens is 1. The van der Waals surface area contributed by atoms with E-state index in [0.717, 1.165) is 12.3 Å². The number of aliphatic hydroxyl groups is 1. The highest BCUT2D eigenvalue weighted by Crippen LogP contribution is 2.08. The van der Waals surface area contributed by atoms with Crippen LogP contribution in [0.2, 0.25) is 0 Å². The zero-order valence-corrected chi connectivity index (χ0v) is 10.4. The topological polar surface area (TPSA) is 71.5 Å². The molecule has 0 bridgehead atoms. The predicted octanol–water partition coefficient (Wildman–Crippen LogP) is 0.738. The van der Waals surface area contributed by atoms with Crippen LogP contribution in [0, 0.1) is 5.82 Å². The molecule has 0 aliphatic heterocycles. The number of nitrogens with zero attached hydrogens (tertiary/aromatic N) is 1. The van der Waals surface area contributed by atoms with Crippen LogP contribution in [0.1, 0.15) is 23.7 Å². The Morgan fingerprint density at radius 1 is 1.61 bits per heavy atom. The van der Waals surface area contributed by atoms with Crippen molar-refractivity contribution >= 4 is 5.91 Å². The molecule has 0 aliphatic rings. The van der Waals surface area contributed by atoms with Gasteiger partial charge in [0.1, 0.15) is 5.82 Å². The minimum absolute atomic E-state index is 0.0612. The minimum Gasteiger partial charge on any atom is -0.388 e. The summed E-state index contributed by atoms with van der Waals surface area (Å²) in [7, 11) is 1.53. The van der Waals surface area contributed by atoms with Gasteiger partial charge in [-0.05, 0) is 13.0 Å². The van der Waals surface area contributed by atoms with Crippen LogP contribution in [0.15, 0.2) is 18.5 Å². The summed E-state index contributed by atoms with van der Waals surface area (Å²) < 4.78 is 17.7. The number of ether oxygens (including phenoxy) is 1. The highest BCUT2D eigenvalue weighted by Gasteiger charge is 2.21. The summed E-state index contributed by atoms with van der Waals surface area (Å²) in [6, 6.07) is 1.09. The van der Waals surface area contributed by atoms with Crippen molar-refractivity contribution in [2.24, 2.45) is 0 Å². The first-order valence-electron chi connectivity index (χ1n) is 5.55. The number of aromatic nitrogens is 1. The molecule has 0 saturated heterocycles. The molecule has 2 N–H and O–H groups in total. The zero-order chi connectivity index (χ0) is 13.6. The molecule has 1 atom stereocenters. The average molecular weight is 256 g/mol. The van der Waals surface area contributed by atoms with Crippen LogP contribution in [-0.2, 0) is 4.74 Å². The summed E-state index contributed by atoms with van der Waals surface area (Å²) in [5.41, 5.74) is -0.940. The van der Waals surface area contributed by atoms with Crippen molar-refractivity contribution in [1.29, 1.82) is 0 Å². The normalized spacial score (nSPS) is 14.0. The van der Waals surface area contributed by atoms with Crippen LogP contribution in [0.25, 0.3) is 0 Å². The van der Waals surface area contributed by atoms with Gasteiger partial charge in [0, 0.05) is 32.9 Å². The number of hydrogen-bond donors (Lipinski definition) is 2. The van der Waals surface area contributed by atoms with Gasteiger partial charge in [-0.15, -0.1) is 0 Å². The molecule has 1 amide bonds. The fourth-order valence-corrected chi connectivity index (χ4v) is 1.32. The Balaban J connectivity index is 2.50. The van der Waals surface area contributed by atoms with E-state index in [1.165, 1.54) is 13.3 Å². The van der Waals surface area contributed by atoms with Gasteiger partial charge in [-0.3, -0.25) is 9.78 Å². The van der Waals surface area contributed by atoms with Gasteiger partial charge in [0.25, 0.3) is 5.91 Å². The van der Waals surface area contributed by atoms with E-state index >= 15 is 0 Å². The molecule has 0 spiro atoms. The van der Waals surface area contributed by atoms with Crippen molar-refractivity contribution in [3.05, 3.63) is 29.8 Å². The van der Waals surface area contributed by atoms with Crippen molar-refractivity contribution in [1.82, 2.24) is 10.3 Å². The summed E-state index contributed by atoms with van der Waals surface area (Å²) in [5.74, 6) is -1.05. The maximum absolute atomic E-state index is 12.9. The van der Waals surface area contributed by atoms with Gasteiger partial charge in [0.05, 0.1) is 17.4 Å². The molecule has 0 fully saturated rings. The Labute approximate surface area is 105 Å².